The molecule has 10 heteroatoms. The van der Waals surface area contributed by atoms with Gasteiger partial charge in [0.25, 0.3) is 0 Å². The summed E-state index contributed by atoms with van der Waals surface area (Å²) in [5.74, 6) is 2.02. The number of carbonyl (C=O) groups excluding carboxylic acids is 1. The molecule has 2 N–H and O–H groups in total. The van der Waals surface area contributed by atoms with Crippen molar-refractivity contribution in [2.75, 3.05) is 38.0 Å². The molecule has 3 heterocycles. The highest BCUT2D eigenvalue weighted by atomic mass is 35.5. The van der Waals surface area contributed by atoms with Crippen LogP contribution < -0.4 is 20.1 Å². The van der Waals surface area contributed by atoms with E-state index in [-0.39, 0.29) is 18.3 Å². The molecule has 2 aromatic heterocycles. The molecule has 1 atom stereocenters. The van der Waals surface area contributed by atoms with Crippen molar-refractivity contribution in [2.45, 2.75) is 32.3 Å². The maximum atomic E-state index is 12.2. The lowest BCUT2D eigenvalue weighted by atomic mass is 10.0. The molecule has 1 aliphatic heterocycles. The van der Waals surface area contributed by atoms with Crippen LogP contribution in [0, 0.1) is 6.92 Å². The average Bonchev–Trinajstić information content (AvgIpc) is 3.52. The Morgan fingerprint density at radius 1 is 1.17 bits per heavy atom. The van der Waals surface area contributed by atoms with Gasteiger partial charge in [-0.1, -0.05) is 48.0 Å². The molecule has 1 unspecified atom stereocenters. The lowest BCUT2D eigenvalue weighted by Crippen LogP contribution is -2.19. The summed E-state index contributed by atoms with van der Waals surface area (Å²) in [4.78, 5) is 21.8. The van der Waals surface area contributed by atoms with Crippen molar-refractivity contribution in [1.29, 1.82) is 0 Å². The standard InChI is InChI=1S/C32H32Cl2N4O4/c1-5-21(39)12-19-9-6-8-18(2)31(19)38-27-14-23-20(16-35-27)13-24(37-32(23)36-17-22-10-7-11-42-22)28-29(33)25(40-3)15-26(41-4)30(28)34/h5-6,8-9,13-16,22H,1,7,10-12,17H2,2-4H3,(H,35,38)(H,36,37). The van der Waals surface area contributed by atoms with Crippen LogP contribution in [0.15, 0.2) is 55.3 Å². The number of ketones is 1. The summed E-state index contributed by atoms with van der Waals surface area (Å²) in [5, 5.41) is 9.23. The van der Waals surface area contributed by atoms with Crippen molar-refractivity contribution >= 4 is 57.1 Å². The highest BCUT2D eigenvalue weighted by Gasteiger charge is 2.22. The summed E-state index contributed by atoms with van der Waals surface area (Å²) in [6.45, 7) is 6.93. The first-order valence-electron chi connectivity index (χ1n) is 13.6. The smallest absolute Gasteiger partial charge is 0.159 e. The summed E-state index contributed by atoms with van der Waals surface area (Å²) in [6, 6.07) is 11.3. The van der Waals surface area contributed by atoms with Gasteiger partial charge in [-0.3, -0.25) is 4.79 Å². The molecular formula is C32H32Cl2N4O4. The number of benzene rings is 2. The van der Waals surface area contributed by atoms with Crippen LogP contribution in [0.5, 0.6) is 11.5 Å². The molecule has 0 amide bonds. The van der Waals surface area contributed by atoms with Gasteiger partial charge < -0.3 is 24.8 Å². The van der Waals surface area contributed by atoms with Crippen molar-refractivity contribution in [2.24, 2.45) is 0 Å². The van der Waals surface area contributed by atoms with Gasteiger partial charge in [0.15, 0.2) is 5.78 Å². The summed E-state index contributed by atoms with van der Waals surface area (Å²) >= 11 is 13.5. The van der Waals surface area contributed by atoms with Crippen LogP contribution in [-0.2, 0) is 16.0 Å². The number of fused-ring (bicyclic) bond motifs is 1. The van der Waals surface area contributed by atoms with Gasteiger partial charge in [-0.25, -0.2) is 9.97 Å². The zero-order valence-electron chi connectivity index (χ0n) is 23.7. The minimum absolute atomic E-state index is 0.0565. The first-order valence-corrected chi connectivity index (χ1v) is 14.4. The van der Waals surface area contributed by atoms with E-state index in [1.165, 1.54) is 20.3 Å². The van der Waals surface area contributed by atoms with Gasteiger partial charge in [0, 0.05) is 53.9 Å². The molecule has 218 valence electrons. The number of allylic oxidation sites excluding steroid dienone is 1. The number of carbonyl (C=O) groups is 1. The van der Waals surface area contributed by atoms with Gasteiger partial charge in [-0.2, -0.15) is 0 Å². The number of methoxy groups -OCH3 is 2. The molecule has 5 rings (SSSR count). The number of halogens is 2. The molecule has 0 aliphatic carbocycles. The number of aromatic nitrogens is 2. The van der Waals surface area contributed by atoms with E-state index in [0.717, 1.165) is 47.0 Å². The Morgan fingerprint density at radius 2 is 1.93 bits per heavy atom. The van der Waals surface area contributed by atoms with Crippen molar-refractivity contribution in [3.05, 3.63) is 76.4 Å². The summed E-state index contributed by atoms with van der Waals surface area (Å²) < 4.78 is 16.8. The molecule has 2 aromatic carbocycles. The lowest BCUT2D eigenvalue weighted by Gasteiger charge is -2.18. The quantitative estimate of drug-likeness (QED) is 0.169. The second-order valence-corrected chi connectivity index (χ2v) is 10.8. The highest BCUT2D eigenvalue weighted by Crippen LogP contribution is 2.46. The van der Waals surface area contributed by atoms with Gasteiger partial charge in [-0.05, 0) is 49.1 Å². The largest absolute Gasteiger partial charge is 0.495 e. The third kappa shape index (κ3) is 6.16. The molecule has 4 aromatic rings. The topological polar surface area (TPSA) is 94.6 Å². The Kier molecular flexibility index (Phi) is 9.16. The van der Waals surface area contributed by atoms with Crippen molar-refractivity contribution < 1.29 is 19.0 Å². The Labute approximate surface area is 255 Å². The van der Waals surface area contributed by atoms with Gasteiger partial charge in [0.1, 0.15) is 23.1 Å². The van der Waals surface area contributed by atoms with E-state index in [2.05, 4.69) is 17.2 Å². The molecule has 0 radical (unpaired) electrons. The van der Waals surface area contributed by atoms with Crippen LogP contribution in [0.25, 0.3) is 22.0 Å². The van der Waals surface area contributed by atoms with Crippen LogP contribution in [0.4, 0.5) is 17.3 Å². The zero-order chi connectivity index (χ0) is 29.8. The predicted molar refractivity (Wildman–Crippen MR) is 169 cm³/mol. The molecule has 1 saturated heterocycles. The maximum absolute atomic E-state index is 12.2. The number of hydrogen-bond donors (Lipinski definition) is 2. The number of aryl methyl sites for hydroxylation is 1. The summed E-state index contributed by atoms with van der Waals surface area (Å²) in [6.07, 6.45) is 5.44. The van der Waals surface area contributed by atoms with Crippen LogP contribution in [0.2, 0.25) is 10.0 Å². The van der Waals surface area contributed by atoms with E-state index in [0.29, 0.717) is 51.0 Å². The minimum Gasteiger partial charge on any atom is -0.495 e. The van der Waals surface area contributed by atoms with E-state index in [4.69, 9.17) is 47.4 Å². The first-order chi connectivity index (χ1) is 20.3. The Balaban J connectivity index is 1.61. The van der Waals surface area contributed by atoms with Gasteiger partial charge in [0.05, 0.1) is 36.1 Å². The number of hydrogen-bond acceptors (Lipinski definition) is 8. The molecule has 1 aliphatic rings. The number of para-hydroxylation sites is 1. The molecule has 0 spiro atoms. The Hall–Kier alpha value is -3.85. The molecule has 0 saturated carbocycles. The van der Waals surface area contributed by atoms with Gasteiger partial charge in [-0.15, -0.1) is 0 Å². The molecule has 0 bridgehead atoms. The number of rotatable bonds is 11. The minimum atomic E-state index is -0.0565. The van der Waals surface area contributed by atoms with Crippen molar-refractivity contribution in [1.82, 2.24) is 9.97 Å². The summed E-state index contributed by atoms with van der Waals surface area (Å²) in [5.41, 5.74) is 3.72. The number of pyridine rings is 2. The second-order valence-electron chi connectivity index (χ2n) is 10.0. The maximum Gasteiger partial charge on any atom is 0.159 e. The molecule has 1 fully saturated rings. The normalized spacial score (nSPS) is 14.5. The Morgan fingerprint density at radius 3 is 2.60 bits per heavy atom. The van der Waals surface area contributed by atoms with Crippen LogP contribution in [0.3, 0.4) is 0 Å². The number of nitrogens with one attached hydrogen (secondary N) is 2. The molecule has 8 nitrogen and oxygen atoms in total. The van der Waals surface area contributed by atoms with E-state index in [1.54, 1.807) is 12.3 Å². The van der Waals surface area contributed by atoms with E-state index >= 15 is 0 Å². The third-order valence-electron chi connectivity index (χ3n) is 7.27. The van der Waals surface area contributed by atoms with Gasteiger partial charge in [0.2, 0.25) is 0 Å². The third-order valence-corrected chi connectivity index (χ3v) is 8.02. The van der Waals surface area contributed by atoms with Crippen molar-refractivity contribution in [3.8, 4) is 22.8 Å². The lowest BCUT2D eigenvalue weighted by molar-refractivity contribution is -0.114. The number of ether oxygens (including phenoxy) is 3. The average molecular weight is 608 g/mol. The molecule has 42 heavy (non-hydrogen) atoms. The van der Waals surface area contributed by atoms with E-state index in [9.17, 15) is 4.79 Å². The van der Waals surface area contributed by atoms with Crippen LogP contribution >= 0.6 is 23.2 Å². The van der Waals surface area contributed by atoms with Crippen LogP contribution in [-0.4, -0.2) is 49.2 Å². The highest BCUT2D eigenvalue weighted by molar-refractivity contribution is 6.41. The van der Waals surface area contributed by atoms with Crippen molar-refractivity contribution in [3.63, 3.8) is 0 Å². The number of nitrogens with zero attached hydrogens (tertiary/aromatic N) is 2. The van der Waals surface area contributed by atoms with E-state index in [1.807, 2.05) is 37.3 Å². The second kappa shape index (κ2) is 13.0. The zero-order valence-corrected chi connectivity index (χ0v) is 25.2. The Bertz CT molecular complexity index is 1630. The fraction of sp³-hybridized carbons (Fsp3) is 0.281. The fourth-order valence-corrected chi connectivity index (χ4v) is 5.74. The summed E-state index contributed by atoms with van der Waals surface area (Å²) in [7, 11) is 3.07. The van der Waals surface area contributed by atoms with E-state index < -0.39 is 0 Å². The predicted octanol–water partition coefficient (Wildman–Crippen LogP) is 7.56. The number of anilines is 3. The first kappa shape index (κ1) is 29.6. The monoisotopic (exact) mass is 606 g/mol. The van der Waals surface area contributed by atoms with Crippen LogP contribution in [0.1, 0.15) is 24.0 Å². The van der Waals surface area contributed by atoms with Gasteiger partial charge >= 0.3 is 0 Å². The SMILES string of the molecule is C=CC(=O)Cc1cccc(C)c1Nc1cc2c(NCC3CCCO3)nc(-c3c(Cl)c(OC)cc(OC)c3Cl)cc2cn1. The molecular weight excluding hydrogens is 575 g/mol. The fourth-order valence-electron chi connectivity index (χ4n) is 5.05.